The van der Waals surface area contributed by atoms with E-state index in [4.69, 9.17) is 16.7 Å². The first-order valence-electron chi connectivity index (χ1n) is 6.65. The van der Waals surface area contributed by atoms with Crippen LogP contribution in [0.2, 0.25) is 5.02 Å². The number of aliphatic carboxylic acids is 1. The third-order valence-electron chi connectivity index (χ3n) is 2.94. The van der Waals surface area contributed by atoms with Gasteiger partial charge in [0, 0.05) is 12.1 Å². The number of nitro benzene ring substituents is 1. The van der Waals surface area contributed by atoms with Crippen molar-refractivity contribution in [3.05, 3.63) is 38.9 Å². The number of nitro groups is 1. The van der Waals surface area contributed by atoms with Crippen molar-refractivity contribution in [3.63, 3.8) is 0 Å². The van der Waals surface area contributed by atoms with Gasteiger partial charge in [0.25, 0.3) is 5.69 Å². The van der Waals surface area contributed by atoms with Crippen LogP contribution in [-0.4, -0.2) is 27.9 Å². The van der Waals surface area contributed by atoms with E-state index in [1.54, 1.807) is 0 Å². The standard InChI is InChI=1S/C14H17ClN2O5/c1-8(2)5-12(14(19)20)16-13(18)6-9-3-4-10(17(21)22)7-11(9)15/h3-4,7-8,12H,5-6H2,1-2H3,(H,16,18)(H,19,20)/t12-/m1/s1. The van der Waals surface area contributed by atoms with Crippen LogP contribution < -0.4 is 5.32 Å². The minimum Gasteiger partial charge on any atom is -0.480 e. The van der Waals surface area contributed by atoms with E-state index in [1.807, 2.05) is 13.8 Å². The van der Waals surface area contributed by atoms with Gasteiger partial charge in [-0.15, -0.1) is 0 Å². The normalized spacial score (nSPS) is 12.0. The maximum atomic E-state index is 11.9. The van der Waals surface area contributed by atoms with E-state index in [9.17, 15) is 19.7 Å². The number of non-ortho nitro benzene ring substituents is 1. The van der Waals surface area contributed by atoms with Gasteiger partial charge in [-0.3, -0.25) is 14.9 Å². The summed E-state index contributed by atoms with van der Waals surface area (Å²) in [5, 5.41) is 22.2. The highest BCUT2D eigenvalue weighted by Gasteiger charge is 2.21. The van der Waals surface area contributed by atoms with Crippen LogP contribution in [0.4, 0.5) is 5.69 Å². The fourth-order valence-electron chi connectivity index (χ4n) is 1.90. The average molecular weight is 329 g/mol. The number of halogens is 1. The van der Waals surface area contributed by atoms with E-state index in [1.165, 1.54) is 12.1 Å². The molecule has 7 nitrogen and oxygen atoms in total. The lowest BCUT2D eigenvalue weighted by molar-refractivity contribution is -0.384. The Bertz CT molecular complexity index is 589. The third-order valence-corrected chi connectivity index (χ3v) is 3.29. The lowest BCUT2D eigenvalue weighted by atomic mass is 10.0. The van der Waals surface area contributed by atoms with Crippen molar-refractivity contribution in [3.8, 4) is 0 Å². The Labute approximate surface area is 132 Å². The smallest absolute Gasteiger partial charge is 0.326 e. The van der Waals surface area contributed by atoms with Crippen LogP contribution in [0.25, 0.3) is 0 Å². The first-order valence-corrected chi connectivity index (χ1v) is 7.03. The Kier molecular flexibility index (Phi) is 6.30. The largest absolute Gasteiger partial charge is 0.480 e. The number of carboxylic acid groups (broad SMARTS) is 1. The zero-order valence-electron chi connectivity index (χ0n) is 12.2. The fourth-order valence-corrected chi connectivity index (χ4v) is 2.15. The summed E-state index contributed by atoms with van der Waals surface area (Å²) in [4.78, 5) is 33.0. The third kappa shape index (κ3) is 5.33. The van der Waals surface area contributed by atoms with E-state index < -0.39 is 22.8 Å². The number of amides is 1. The second-order valence-electron chi connectivity index (χ2n) is 5.30. The zero-order chi connectivity index (χ0) is 16.9. The molecule has 0 heterocycles. The highest BCUT2D eigenvalue weighted by Crippen LogP contribution is 2.22. The van der Waals surface area contributed by atoms with Crippen molar-refractivity contribution >= 4 is 29.2 Å². The van der Waals surface area contributed by atoms with E-state index in [2.05, 4.69) is 5.32 Å². The van der Waals surface area contributed by atoms with Crippen LogP contribution in [0.15, 0.2) is 18.2 Å². The van der Waals surface area contributed by atoms with Crippen LogP contribution in [0.5, 0.6) is 0 Å². The summed E-state index contributed by atoms with van der Waals surface area (Å²) in [6, 6.07) is 2.83. The van der Waals surface area contributed by atoms with Gasteiger partial charge in [-0.2, -0.15) is 0 Å². The van der Waals surface area contributed by atoms with Crippen LogP contribution >= 0.6 is 11.6 Å². The van der Waals surface area contributed by atoms with Crippen LogP contribution in [0.3, 0.4) is 0 Å². The summed E-state index contributed by atoms with van der Waals surface area (Å²) in [5.41, 5.74) is 0.232. The average Bonchev–Trinajstić information content (AvgIpc) is 2.39. The quantitative estimate of drug-likeness (QED) is 0.590. The summed E-state index contributed by atoms with van der Waals surface area (Å²) in [6.07, 6.45) is 0.174. The van der Waals surface area contributed by atoms with Gasteiger partial charge in [0.1, 0.15) is 6.04 Å². The van der Waals surface area contributed by atoms with Crippen LogP contribution in [0, 0.1) is 16.0 Å². The molecule has 0 aliphatic heterocycles. The molecule has 0 aliphatic carbocycles. The Balaban J connectivity index is 2.75. The molecule has 0 fully saturated rings. The molecule has 1 aromatic rings. The predicted octanol–water partition coefficient (Wildman–Crippen LogP) is 2.41. The lowest BCUT2D eigenvalue weighted by Gasteiger charge is -2.16. The molecule has 0 aliphatic rings. The van der Waals surface area contributed by atoms with Gasteiger partial charge in [0.15, 0.2) is 0 Å². The Hall–Kier alpha value is -2.15. The number of rotatable bonds is 7. The van der Waals surface area contributed by atoms with E-state index in [-0.39, 0.29) is 23.0 Å². The molecule has 0 unspecified atom stereocenters. The number of nitrogens with one attached hydrogen (secondary N) is 1. The molecule has 120 valence electrons. The number of carbonyl (C=O) groups excluding carboxylic acids is 1. The monoisotopic (exact) mass is 328 g/mol. The molecule has 2 N–H and O–H groups in total. The van der Waals surface area contributed by atoms with E-state index >= 15 is 0 Å². The summed E-state index contributed by atoms with van der Waals surface area (Å²) in [7, 11) is 0. The molecule has 0 saturated carbocycles. The molecule has 0 radical (unpaired) electrons. The van der Waals surface area contributed by atoms with Gasteiger partial charge in [0.05, 0.1) is 16.4 Å². The number of hydrogen-bond donors (Lipinski definition) is 2. The molecule has 22 heavy (non-hydrogen) atoms. The predicted molar refractivity (Wildman–Crippen MR) is 80.8 cm³/mol. The molecule has 0 bridgehead atoms. The summed E-state index contributed by atoms with van der Waals surface area (Å²) in [5.74, 6) is -1.48. The lowest BCUT2D eigenvalue weighted by Crippen LogP contribution is -2.42. The van der Waals surface area contributed by atoms with Gasteiger partial charge < -0.3 is 10.4 Å². The minimum atomic E-state index is -1.10. The Morgan fingerprint density at radius 2 is 2.05 bits per heavy atom. The van der Waals surface area contributed by atoms with Crippen molar-refractivity contribution in [2.45, 2.75) is 32.7 Å². The van der Waals surface area contributed by atoms with Crippen molar-refractivity contribution in [1.82, 2.24) is 5.32 Å². The minimum absolute atomic E-state index is 0.0973. The summed E-state index contributed by atoms with van der Waals surface area (Å²) >= 11 is 5.90. The molecular weight excluding hydrogens is 312 g/mol. The summed E-state index contributed by atoms with van der Waals surface area (Å²) < 4.78 is 0. The van der Waals surface area contributed by atoms with Gasteiger partial charge in [-0.05, 0) is 17.9 Å². The molecule has 1 amide bonds. The first-order chi connectivity index (χ1) is 10.2. The van der Waals surface area contributed by atoms with Gasteiger partial charge >= 0.3 is 5.97 Å². The van der Waals surface area contributed by atoms with Crippen molar-refractivity contribution in [1.29, 1.82) is 0 Å². The molecular formula is C14H17ClN2O5. The Morgan fingerprint density at radius 3 is 2.50 bits per heavy atom. The van der Waals surface area contributed by atoms with E-state index in [0.717, 1.165) is 6.07 Å². The number of carbonyl (C=O) groups is 2. The van der Waals surface area contributed by atoms with Crippen molar-refractivity contribution < 1.29 is 19.6 Å². The second-order valence-corrected chi connectivity index (χ2v) is 5.70. The topological polar surface area (TPSA) is 110 Å². The first kappa shape index (κ1) is 17.9. The summed E-state index contributed by atoms with van der Waals surface area (Å²) in [6.45, 7) is 3.71. The maximum absolute atomic E-state index is 11.9. The SMILES string of the molecule is CC(C)C[C@@H](NC(=O)Cc1ccc([N+](=O)[O-])cc1Cl)C(=O)O. The van der Waals surface area contributed by atoms with Gasteiger partial charge in [-0.25, -0.2) is 4.79 Å². The molecule has 8 heteroatoms. The van der Waals surface area contributed by atoms with E-state index in [0.29, 0.717) is 12.0 Å². The highest BCUT2D eigenvalue weighted by molar-refractivity contribution is 6.31. The van der Waals surface area contributed by atoms with Crippen LogP contribution in [-0.2, 0) is 16.0 Å². The molecule has 0 aromatic heterocycles. The fraction of sp³-hybridized carbons (Fsp3) is 0.429. The second kappa shape index (κ2) is 7.74. The number of carboxylic acids is 1. The highest BCUT2D eigenvalue weighted by atomic mass is 35.5. The Morgan fingerprint density at radius 1 is 1.41 bits per heavy atom. The van der Waals surface area contributed by atoms with Crippen LogP contribution in [0.1, 0.15) is 25.8 Å². The zero-order valence-corrected chi connectivity index (χ0v) is 13.0. The molecule has 1 atom stereocenters. The number of benzene rings is 1. The molecule has 1 rings (SSSR count). The molecule has 1 aromatic carbocycles. The number of nitrogens with zero attached hydrogens (tertiary/aromatic N) is 1. The molecule has 0 saturated heterocycles. The van der Waals surface area contributed by atoms with Crippen molar-refractivity contribution in [2.24, 2.45) is 5.92 Å². The number of hydrogen-bond acceptors (Lipinski definition) is 4. The van der Waals surface area contributed by atoms with Crippen molar-refractivity contribution in [2.75, 3.05) is 0 Å². The molecule has 0 spiro atoms. The van der Waals surface area contributed by atoms with Gasteiger partial charge in [0.2, 0.25) is 5.91 Å². The maximum Gasteiger partial charge on any atom is 0.326 e. The van der Waals surface area contributed by atoms with Gasteiger partial charge in [-0.1, -0.05) is 31.5 Å².